The standard InChI is InChI=1S/C20H14ClF2N5O2/c1-30-15-5-4-12(16(22)17(15)23)14-9-26-20-19(25-6-7-28(14)20)27-10-2-3-11(18(24)29)13(21)8-10/h2-9H,1H3,(H2,24,29)(H,25,27). The van der Waals surface area contributed by atoms with Gasteiger partial charge in [-0.05, 0) is 30.3 Å². The fourth-order valence-corrected chi connectivity index (χ4v) is 3.30. The number of nitrogens with zero attached hydrogens (tertiary/aromatic N) is 3. The number of methoxy groups -OCH3 is 1. The van der Waals surface area contributed by atoms with E-state index in [1.807, 2.05) is 0 Å². The van der Waals surface area contributed by atoms with Crippen LogP contribution < -0.4 is 15.8 Å². The molecule has 0 fully saturated rings. The van der Waals surface area contributed by atoms with E-state index in [0.29, 0.717) is 22.8 Å². The van der Waals surface area contributed by atoms with E-state index in [4.69, 9.17) is 22.1 Å². The summed E-state index contributed by atoms with van der Waals surface area (Å²) in [6.45, 7) is 0. The summed E-state index contributed by atoms with van der Waals surface area (Å²) in [6, 6.07) is 7.38. The minimum atomic E-state index is -1.08. The van der Waals surface area contributed by atoms with Gasteiger partial charge >= 0.3 is 0 Å². The van der Waals surface area contributed by atoms with Gasteiger partial charge in [-0.25, -0.2) is 14.4 Å². The van der Waals surface area contributed by atoms with Crippen molar-refractivity contribution >= 4 is 34.7 Å². The highest BCUT2D eigenvalue weighted by Crippen LogP contribution is 2.31. The number of hydrogen-bond acceptors (Lipinski definition) is 5. The lowest BCUT2D eigenvalue weighted by molar-refractivity contribution is 0.100. The Morgan fingerprint density at radius 2 is 2.00 bits per heavy atom. The van der Waals surface area contributed by atoms with E-state index in [9.17, 15) is 13.6 Å². The molecule has 0 saturated carbocycles. The van der Waals surface area contributed by atoms with Crippen LogP contribution in [0.5, 0.6) is 5.75 Å². The molecule has 0 bridgehead atoms. The van der Waals surface area contributed by atoms with Crippen LogP contribution in [-0.2, 0) is 0 Å². The van der Waals surface area contributed by atoms with Crippen LogP contribution in [0.1, 0.15) is 10.4 Å². The van der Waals surface area contributed by atoms with Crippen molar-refractivity contribution in [2.24, 2.45) is 5.73 Å². The number of nitrogens with two attached hydrogens (primary N) is 1. The highest BCUT2D eigenvalue weighted by atomic mass is 35.5. The van der Waals surface area contributed by atoms with E-state index < -0.39 is 17.5 Å². The summed E-state index contributed by atoms with van der Waals surface area (Å²) >= 11 is 6.08. The van der Waals surface area contributed by atoms with Crippen LogP contribution >= 0.6 is 11.6 Å². The third-order valence-electron chi connectivity index (χ3n) is 4.47. The molecule has 0 unspecified atom stereocenters. The van der Waals surface area contributed by atoms with E-state index >= 15 is 0 Å². The van der Waals surface area contributed by atoms with Gasteiger partial charge in [0.05, 0.1) is 29.6 Å². The molecule has 2 aromatic heterocycles. The summed E-state index contributed by atoms with van der Waals surface area (Å²) < 4.78 is 35.1. The largest absolute Gasteiger partial charge is 0.494 e. The smallest absolute Gasteiger partial charge is 0.250 e. The second-order valence-electron chi connectivity index (χ2n) is 6.24. The van der Waals surface area contributed by atoms with Crippen LogP contribution in [0.25, 0.3) is 16.9 Å². The molecule has 1 amide bonds. The van der Waals surface area contributed by atoms with Crippen molar-refractivity contribution < 1.29 is 18.3 Å². The Morgan fingerprint density at radius 3 is 2.70 bits per heavy atom. The first-order chi connectivity index (χ1) is 14.4. The maximum absolute atomic E-state index is 14.6. The number of amides is 1. The van der Waals surface area contributed by atoms with Crippen molar-refractivity contribution in [3.63, 3.8) is 0 Å². The first-order valence-electron chi connectivity index (χ1n) is 8.61. The fourth-order valence-electron chi connectivity index (χ4n) is 3.02. The lowest BCUT2D eigenvalue weighted by atomic mass is 10.1. The van der Waals surface area contributed by atoms with Crippen molar-refractivity contribution in [3.8, 4) is 17.0 Å². The Hall–Kier alpha value is -3.72. The molecule has 3 N–H and O–H groups in total. The zero-order chi connectivity index (χ0) is 21.4. The van der Waals surface area contributed by atoms with E-state index in [2.05, 4.69) is 15.3 Å². The molecule has 2 aromatic carbocycles. The Morgan fingerprint density at radius 1 is 1.20 bits per heavy atom. The van der Waals surface area contributed by atoms with Crippen molar-refractivity contribution in [2.45, 2.75) is 0 Å². The topological polar surface area (TPSA) is 94.5 Å². The van der Waals surface area contributed by atoms with Crippen molar-refractivity contribution in [2.75, 3.05) is 12.4 Å². The van der Waals surface area contributed by atoms with E-state index in [-0.39, 0.29) is 21.9 Å². The SMILES string of the molecule is COc1ccc(-c2cnc3c(Nc4ccc(C(N)=O)c(Cl)c4)nccn23)c(F)c1F. The number of benzene rings is 2. The first-order valence-corrected chi connectivity index (χ1v) is 8.99. The quantitative estimate of drug-likeness (QED) is 0.496. The lowest BCUT2D eigenvalue weighted by Gasteiger charge is -2.10. The predicted octanol–water partition coefficient (Wildman–Crippen LogP) is 4.18. The number of fused-ring (bicyclic) bond motifs is 1. The molecule has 4 rings (SSSR count). The summed E-state index contributed by atoms with van der Waals surface area (Å²) in [7, 11) is 1.26. The summed E-state index contributed by atoms with van der Waals surface area (Å²) in [5.74, 6) is -2.61. The molecule has 0 radical (unpaired) electrons. The molecule has 0 aliphatic carbocycles. The number of anilines is 2. The number of halogens is 3. The molecule has 0 aliphatic heterocycles. The first kappa shape index (κ1) is 19.6. The molecule has 0 aliphatic rings. The van der Waals surface area contributed by atoms with Gasteiger partial charge in [-0.2, -0.15) is 4.39 Å². The zero-order valence-electron chi connectivity index (χ0n) is 15.5. The van der Waals surface area contributed by atoms with Crippen LogP contribution in [0.15, 0.2) is 48.9 Å². The van der Waals surface area contributed by atoms with Crippen LogP contribution in [0.2, 0.25) is 5.02 Å². The normalized spacial score (nSPS) is 10.9. The van der Waals surface area contributed by atoms with Crippen LogP contribution in [-0.4, -0.2) is 27.4 Å². The molecule has 7 nitrogen and oxygen atoms in total. The molecule has 152 valence electrons. The van der Waals surface area contributed by atoms with Crippen molar-refractivity contribution in [1.82, 2.24) is 14.4 Å². The Kier molecular flexibility index (Phi) is 4.96. The van der Waals surface area contributed by atoms with E-state index in [1.165, 1.54) is 43.8 Å². The molecule has 0 saturated heterocycles. The lowest BCUT2D eigenvalue weighted by Crippen LogP contribution is -2.11. The highest BCUT2D eigenvalue weighted by molar-refractivity contribution is 6.34. The maximum Gasteiger partial charge on any atom is 0.250 e. The molecule has 10 heteroatoms. The molecular formula is C20H14ClF2N5O2. The number of aromatic nitrogens is 3. The number of rotatable bonds is 5. The summed E-state index contributed by atoms with van der Waals surface area (Å²) in [5, 5.41) is 3.22. The second kappa shape index (κ2) is 7.60. The fraction of sp³-hybridized carbons (Fsp3) is 0.0500. The minimum Gasteiger partial charge on any atom is -0.494 e. The average Bonchev–Trinajstić information content (AvgIpc) is 3.15. The Bertz CT molecular complexity index is 1290. The van der Waals surface area contributed by atoms with E-state index in [1.54, 1.807) is 16.7 Å². The van der Waals surface area contributed by atoms with Gasteiger partial charge in [0.2, 0.25) is 11.7 Å². The van der Waals surface area contributed by atoms with Gasteiger partial charge in [0, 0.05) is 23.6 Å². The van der Waals surface area contributed by atoms with Crippen molar-refractivity contribution in [3.05, 3.63) is 71.1 Å². The summed E-state index contributed by atoms with van der Waals surface area (Å²) in [4.78, 5) is 19.9. The van der Waals surface area contributed by atoms with Gasteiger partial charge in [0.1, 0.15) is 0 Å². The number of carbonyl (C=O) groups excluding carboxylic acids is 1. The van der Waals surface area contributed by atoms with Gasteiger partial charge in [0.15, 0.2) is 23.0 Å². The van der Waals surface area contributed by atoms with Gasteiger partial charge in [-0.15, -0.1) is 0 Å². The van der Waals surface area contributed by atoms with Gasteiger partial charge in [-0.3, -0.25) is 9.20 Å². The minimum absolute atomic E-state index is 0.0202. The Labute approximate surface area is 174 Å². The zero-order valence-corrected chi connectivity index (χ0v) is 16.2. The monoisotopic (exact) mass is 429 g/mol. The molecule has 30 heavy (non-hydrogen) atoms. The molecule has 0 spiro atoms. The average molecular weight is 430 g/mol. The van der Waals surface area contributed by atoms with Crippen LogP contribution in [0, 0.1) is 11.6 Å². The van der Waals surface area contributed by atoms with E-state index in [0.717, 1.165) is 0 Å². The maximum atomic E-state index is 14.6. The summed E-state index contributed by atoms with van der Waals surface area (Å²) in [6.07, 6.45) is 4.47. The van der Waals surface area contributed by atoms with Crippen LogP contribution in [0.3, 0.4) is 0 Å². The van der Waals surface area contributed by atoms with Gasteiger partial charge < -0.3 is 15.8 Å². The molecule has 2 heterocycles. The third-order valence-corrected chi connectivity index (χ3v) is 4.78. The second-order valence-corrected chi connectivity index (χ2v) is 6.65. The summed E-state index contributed by atoms with van der Waals surface area (Å²) in [5.41, 5.74) is 6.71. The number of ether oxygens (including phenoxy) is 1. The third kappa shape index (κ3) is 3.29. The number of primary amides is 1. The Balaban J connectivity index is 1.76. The van der Waals surface area contributed by atoms with Gasteiger partial charge in [-0.1, -0.05) is 11.6 Å². The number of hydrogen-bond donors (Lipinski definition) is 2. The molecule has 0 atom stereocenters. The predicted molar refractivity (Wildman–Crippen MR) is 108 cm³/mol. The number of nitrogens with one attached hydrogen (secondary N) is 1. The van der Waals surface area contributed by atoms with Crippen molar-refractivity contribution in [1.29, 1.82) is 0 Å². The number of carbonyl (C=O) groups is 1. The highest BCUT2D eigenvalue weighted by Gasteiger charge is 2.19. The molecular weight excluding hydrogens is 416 g/mol. The van der Waals surface area contributed by atoms with Crippen LogP contribution in [0.4, 0.5) is 20.3 Å². The number of imidazole rings is 1. The molecule has 4 aromatic rings. The van der Waals surface area contributed by atoms with Gasteiger partial charge in [0.25, 0.3) is 0 Å².